The molecule has 0 bridgehead atoms. The van der Waals surface area contributed by atoms with Crippen LogP contribution in [0, 0.1) is 0 Å². The van der Waals surface area contributed by atoms with Crippen LogP contribution < -0.4 is 10.6 Å². The van der Waals surface area contributed by atoms with Crippen LogP contribution in [0.4, 0.5) is 4.79 Å². The highest BCUT2D eigenvalue weighted by atomic mass is 16.5. The van der Waals surface area contributed by atoms with Crippen molar-refractivity contribution in [2.24, 2.45) is 7.05 Å². The van der Waals surface area contributed by atoms with Crippen molar-refractivity contribution in [2.75, 3.05) is 20.2 Å². The van der Waals surface area contributed by atoms with Crippen LogP contribution in [0.2, 0.25) is 0 Å². The van der Waals surface area contributed by atoms with Gasteiger partial charge in [0, 0.05) is 39.0 Å². The van der Waals surface area contributed by atoms with Gasteiger partial charge in [-0.2, -0.15) is 5.10 Å². The maximum absolute atomic E-state index is 11.4. The number of rotatable bonds is 7. The van der Waals surface area contributed by atoms with E-state index >= 15 is 0 Å². The molecule has 1 aromatic heterocycles. The van der Waals surface area contributed by atoms with Crippen LogP contribution in [0.5, 0.6) is 0 Å². The molecular weight excluding hydrogens is 252 g/mol. The van der Waals surface area contributed by atoms with E-state index in [9.17, 15) is 9.59 Å². The van der Waals surface area contributed by atoms with Crippen LogP contribution in [0.3, 0.4) is 0 Å². The molecule has 0 aliphatic carbocycles. The molecule has 0 fully saturated rings. The number of nitrogens with zero attached hydrogens (tertiary/aromatic N) is 2. The average molecular weight is 270 g/mol. The summed E-state index contributed by atoms with van der Waals surface area (Å²) in [7, 11) is 3.10. The Balaban J connectivity index is 2.21. The van der Waals surface area contributed by atoms with Gasteiger partial charge in [0.25, 0.3) is 0 Å². The summed E-state index contributed by atoms with van der Waals surface area (Å²) in [6.45, 7) is 0.361. The number of aryl methyl sites for hydroxylation is 1. The van der Waals surface area contributed by atoms with Crippen molar-refractivity contribution < 1.29 is 19.4 Å². The van der Waals surface area contributed by atoms with Crippen molar-refractivity contribution in [3.8, 4) is 0 Å². The van der Waals surface area contributed by atoms with E-state index in [1.54, 1.807) is 10.9 Å². The lowest BCUT2D eigenvalue weighted by molar-refractivity contribution is -0.147. The third kappa shape index (κ3) is 4.96. The third-order valence-electron chi connectivity index (χ3n) is 2.60. The van der Waals surface area contributed by atoms with E-state index in [1.807, 2.05) is 13.1 Å². The highest BCUT2D eigenvalue weighted by molar-refractivity contribution is 5.76. The van der Waals surface area contributed by atoms with Gasteiger partial charge in [-0.3, -0.25) is 4.68 Å². The summed E-state index contributed by atoms with van der Waals surface area (Å²) in [4.78, 5) is 22.0. The van der Waals surface area contributed by atoms with Gasteiger partial charge >= 0.3 is 12.0 Å². The molecule has 19 heavy (non-hydrogen) atoms. The zero-order valence-corrected chi connectivity index (χ0v) is 10.9. The Morgan fingerprint density at radius 1 is 1.53 bits per heavy atom. The van der Waals surface area contributed by atoms with Gasteiger partial charge in [-0.05, 0) is 6.07 Å². The van der Waals surface area contributed by atoms with Gasteiger partial charge in [0.2, 0.25) is 0 Å². The SMILES string of the molecule is COC(CNC(=O)NCCc1ccnn1C)C(=O)O. The molecule has 0 aliphatic rings. The van der Waals surface area contributed by atoms with E-state index in [0.29, 0.717) is 13.0 Å². The number of amides is 2. The zero-order valence-electron chi connectivity index (χ0n) is 10.9. The molecule has 0 aliphatic heterocycles. The number of aliphatic carboxylic acids is 1. The van der Waals surface area contributed by atoms with Crippen LogP contribution in [0.15, 0.2) is 12.3 Å². The Bertz CT molecular complexity index is 432. The van der Waals surface area contributed by atoms with E-state index in [2.05, 4.69) is 20.5 Å². The number of aromatic nitrogens is 2. The summed E-state index contributed by atoms with van der Waals surface area (Å²) in [6.07, 6.45) is 1.30. The number of methoxy groups -OCH3 is 1. The summed E-state index contributed by atoms with van der Waals surface area (Å²) in [6, 6.07) is 1.44. The zero-order chi connectivity index (χ0) is 14.3. The standard InChI is InChI=1S/C11H18N4O4/c1-15-8(4-6-14-15)3-5-12-11(18)13-7-9(19-2)10(16)17/h4,6,9H,3,5,7H2,1-2H3,(H,16,17)(H2,12,13,18). The average Bonchev–Trinajstić information content (AvgIpc) is 2.75. The Hall–Kier alpha value is -2.09. The number of carbonyl (C=O) groups excluding carboxylic acids is 1. The molecule has 1 rings (SSSR count). The number of urea groups is 1. The predicted octanol–water partition coefficient (Wildman–Crippen LogP) is -0.639. The molecule has 0 saturated carbocycles. The summed E-state index contributed by atoms with van der Waals surface area (Å²) >= 11 is 0. The molecule has 1 heterocycles. The second-order valence-corrected chi connectivity index (χ2v) is 3.90. The number of hydrogen-bond donors (Lipinski definition) is 3. The van der Waals surface area contributed by atoms with Crippen LogP contribution in [-0.4, -0.2) is 53.2 Å². The van der Waals surface area contributed by atoms with Gasteiger partial charge in [-0.15, -0.1) is 0 Å². The summed E-state index contributed by atoms with van der Waals surface area (Å²) in [5.41, 5.74) is 1.00. The van der Waals surface area contributed by atoms with Crippen molar-refractivity contribution in [3.63, 3.8) is 0 Å². The molecule has 0 radical (unpaired) electrons. The van der Waals surface area contributed by atoms with Gasteiger partial charge in [0.1, 0.15) is 0 Å². The van der Waals surface area contributed by atoms with Gasteiger partial charge in [0.05, 0.1) is 6.54 Å². The highest BCUT2D eigenvalue weighted by Gasteiger charge is 2.16. The first-order chi connectivity index (χ1) is 9.04. The van der Waals surface area contributed by atoms with E-state index in [-0.39, 0.29) is 6.54 Å². The second-order valence-electron chi connectivity index (χ2n) is 3.90. The fourth-order valence-corrected chi connectivity index (χ4v) is 1.47. The van der Waals surface area contributed by atoms with Crippen molar-refractivity contribution in [1.29, 1.82) is 0 Å². The van der Waals surface area contributed by atoms with Crippen LogP contribution in [0.25, 0.3) is 0 Å². The number of nitrogens with one attached hydrogen (secondary N) is 2. The first-order valence-corrected chi connectivity index (χ1v) is 5.78. The van der Waals surface area contributed by atoms with Gasteiger partial charge in [-0.1, -0.05) is 0 Å². The van der Waals surface area contributed by atoms with Gasteiger partial charge in [0.15, 0.2) is 6.10 Å². The predicted molar refractivity (Wildman–Crippen MR) is 66.7 cm³/mol. The van der Waals surface area contributed by atoms with E-state index in [0.717, 1.165) is 5.69 Å². The van der Waals surface area contributed by atoms with E-state index < -0.39 is 18.1 Å². The van der Waals surface area contributed by atoms with Crippen molar-refractivity contribution in [3.05, 3.63) is 18.0 Å². The second kappa shape index (κ2) is 7.37. The number of hydrogen-bond acceptors (Lipinski definition) is 4. The lowest BCUT2D eigenvalue weighted by atomic mass is 10.3. The first-order valence-electron chi connectivity index (χ1n) is 5.78. The monoisotopic (exact) mass is 270 g/mol. The molecule has 2 amide bonds. The maximum Gasteiger partial charge on any atom is 0.334 e. The summed E-state index contributed by atoms with van der Waals surface area (Å²) < 4.78 is 6.41. The van der Waals surface area contributed by atoms with Gasteiger partial charge in [-0.25, -0.2) is 9.59 Å². The largest absolute Gasteiger partial charge is 0.479 e. The lowest BCUT2D eigenvalue weighted by Crippen LogP contribution is -2.43. The Morgan fingerprint density at radius 2 is 2.26 bits per heavy atom. The number of ether oxygens (including phenoxy) is 1. The smallest absolute Gasteiger partial charge is 0.334 e. The minimum Gasteiger partial charge on any atom is -0.479 e. The number of carboxylic acids is 1. The summed E-state index contributed by atoms with van der Waals surface area (Å²) in [5.74, 6) is -1.11. The maximum atomic E-state index is 11.4. The van der Waals surface area contributed by atoms with Gasteiger partial charge < -0.3 is 20.5 Å². The normalized spacial score (nSPS) is 11.9. The number of carboxylic acid groups (broad SMARTS) is 1. The molecule has 0 spiro atoms. The minimum atomic E-state index is -1.11. The molecular formula is C11H18N4O4. The number of carbonyl (C=O) groups is 2. The molecule has 1 atom stereocenters. The molecule has 1 unspecified atom stereocenters. The molecule has 1 aromatic rings. The van der Waals surface area contributed by atoms with Crippen molar-refractivity contribution in [1.82, 2.24) is 20.4 Å². The molecule has 8 nitrogen and oxygen atoms in total. The fraction of sp³-hybridized carbons (Fsp3) is 0.545. The molecule has 0 saturated heterocycles. The molecule has 0 aromatic carbocycles. The molecule has 8 heteroatoms. The third-order valence-corrected chi connectivity index (χ3v) is 2.60. The lowest BCUT2D eigenvalue weighted by Gasteiger charge is -2.12. The van der Waals surface area contributed by atoms with Crippen LogP contribution in [-0.2, 0) is 23.0 Å². The highest BCUT2D eigenvalue weighted by Crippen LogP contribution is 1.95. The topological polar surface area (TPSA) is 105 Å². The Kier molecular flexibility index (Phi) is 5.80. The summed E-state index contributed by atoms with van der Waals surface area (Å²) in [5, 5.41) is 17.8. The first kappa shape index (κ1) is 15.0. The van der Waals surface area contributed by atoms with E-state index in [4.69, 9.17) is 5.11 Å². The van der Waals surface area contributed by atoms with Crippen LogP contribution >= 0.6 is 0 Å². The molecule has 106 valence electrons. The quantitative estimate of drug-likeness (QED) is 0.611. The minimum absolute atomic E-state index is 0.0800. The van der Waals surface area contributed by atoms with Crippen molar-refractivity contribution in [2.45, 2.75) is 12.5 Å². The van der Waals surface area contributed by atoms with Crippen molar-refractivity contribution >= 4 is 12.0 Å². The Morgan fingerprint density at radius 3 is 2.79 bits per heavy atom. The Labute approximate surface area is 110 Å². The van der Waals surface area contributed by atoms with Crippen LogP contribution in [0.1, 0.15) is 5.69 Å². The fourth-order valence-electron chi connectivity index (χ4n) is 1.47. The van der Waals surface area contributed by atoms with E-state index in [1.165, 1.54) is 7.11 Å². The molecule has 3 N–H and O–H groups in total.